The molecule has 1 aromatic rings. The Labute approximate surface area is 110 Å². The number of halogens is 1. The van der Waals surface area contributed by atoms with Gasteiger partial charge < -0.3 is 11.1 Å². The lowest BCUT2D eigenvalue weighted by molar-refractivity contribution is -0.117. The van der Waals surface area contributed by atoms with Gasteiger partial charge in [0.1, 0.15) is 0 Å². The van der Waals surface area contributed by atoms with Gasteiger partial charge in [-0.2, -0.15) is 0 Å². The summed E-state index contributed by atoms with van der Waals surface area (Å²) in [5.74, 6) is -0.110. The van der Waals surface area contributed by atoms with Crippen molar-refractivity contribution < 1.29 is 4.79 Å². The Kier molecular flexibility index (Phi) is 5.21. The molecule has 0 aliphatic carbocycles. The van der Waals surface area contributed by atoms with E-state index in [1.165, 1.54) is 5.56 Å². The number of benzene rings is 1. The zero-order chi connectivity index (χ0) is 12.1. The highest BCUT2D eigenvalue weighted by molar-refractivity contribution is 14.1. The van der Waals surface area contributed by atoms with Gasteiger partial charge in [0.2, 0.25) is 5.91 Å². The molecular weight excluding hydrogens is 315 g/mol. The summed E-state index contributed by atoms with van der Waals surface area (Å²) in [5, 5.41) is 2.83. The molecule has 1 amide bonds. The minimum atomic E-state index is -0.413. The van der Waals surface area contributed by atoms with E-state index in [0.29, 0.717) is 0 Å². The Bertz CT molecular complexity index is 379. The van der Waals surface area contributed by atoms with Gasteiger partial charge in [-0.1, -0.05) is 19.4 Å². The summed E-state index contributed by atoms with van der Waals surface area (Å²) in [6.07, 6.45) is 1.63. The van der Waals surface area contributed by atoms with E-state index in [4.69, 9.17) is 5.73 Å². The normalized spacial score (nSPS) is 12.2. The fraction of sp³-hybridized carbons (Fsp3) is 0.417. The van der Waals surface area contributed by atoms with Crippen molar-refractivity contribution in [2.75, 3.05) is 5.32 Å². The Balaban J connectivity index is 2.66. The van der Waals surface area contributed by atoms with Crippen molar-refractivity contribution in [2.45, 2.75) is 32.7 Å². The molecule has 0 saturated heterocycles. The Morgan fingerprint density at radius 3 is 2.81 bits per heavy atom. The lowest BCUT2D eigenvalue weighted by Crippen LogP contribution is -2.35. The van der Waals surface area contributed by atoms with Gasteiger partial charge in [-0.15, -0.1) is 0 Å². The van der Waals surface area contributed by atoms with E-state index in [2.05, 4.69) is 27.9 Å². The summed E-state index contributed by atoms with van der Waals surface area (Å²) in [4.78, 5) is 11.7. The molecule has 1 atom stereocenters. The zero-order valence-corrected chi connectivity index (χ0v) is 11.7. The van der Waals surface area contributed by atoms with Crippen LogP contribution in [0.3, 0.4) is 0 Å². The SMILES string of the molecule is CCC[C@H](N)C(=O)Nc1ccc(C)c(I)c1. The van der Waals surface area contributed by atoms with Crippen LogP contribution in [-0.2, 0) is 4.79 Å². The van der Waals surface area contributed by atoms with Crippen molar-refractivity contribution in [3.05, 3.63) is 27.3 Å². The topological polar surface area (TPSA) is 55.1 Å². The number of anilines is 1. The Morgan fingerprint density at radius 2 is 2.25 bits per heavy atom. The molecule has 0 saturated carbocycles. The molecule has 0 aromatic heterocycles. The summed E-state index contributed by atoms with van der Waals surface area (Å²) in [6, 6.07) is 5.42. The summed E-state index contributed by atoms with van der Waals surface area (Å²) >= 11 is 2.25. The second kappa shape index (κ2) is 6.20. The molecule has 0 aliphatic rings. The zero-order valence-electron chi connectivity index (χ0n) is 9.59. The monoisotopic (exact) mass is 332 g/mol. The Morgan fingerprint density at radius 1 is 1.56 bits per heavy atom. The van der Waals surface area contributed by atoms with Gasteiger partial charge in [-0.3, -0.25) is 4.79 Å². The first kappa shape index (κ1) is 13.4. The van der Waals surface area contributed by atoms with E-state index in [9.17, 15) is 4.79 Å². The number of nitrogens with two attached hydrogens (primary N) is 1. The molecule has 3 N–H and O–H groups in total. The van der Waals surface area contributed by atoms with E-state index in [-0.39, 0.29) is 5.91 Å². The molecule has 0 radical (unpaired) electrons. The van der Waals surface area contributed by atoms with Crippen molar-refractivity contribution in [2.24, 2.45) is 5.73 Å². The first-order valence-corrected chi connectivity index (χ1v) is 6.45. The van der Waals surface area contributed by atoms with Crippen LogP contribution in [0.25, 0.3) is 0 Å². The standard InChI is InChI=1S/C12H17IN2O/c1-3-4-11(14)12(16)15-9-6-5-8(2)10(13)7-9/h5-7,11H,3-4,14H2,1-2H3,(H,15,16)/t11-/m0/s1. The van der Waals surface area contributed by atoms with Crippen LogP contribution in [0, 0.1) is 10.5 Å². The number of hydrogen-bond acceptors (Lipinski definition) is 2. The van der Waals surface area contributed by atoms with E-state index in [1.807, 2.05) is 32.0 Å². The molecule has 16 heavy (non-hydrogen) atoms. The quantitative estimate of drug-likeness (QED) is 0.833. The van der Waals surface area contributed by atoms with Crippen molar-refractivity contribution >= 4 is 34.2 Å². The van der Waals surface area contributed by atoms with Crippen LogP contribution in [0.2, 0.25) is 0 Å². The lowest BCUT2D eigenvalue weighted by atomic mass is 10.1. The first-order chi connectivity index (χ1) is 7.54. The van der Waals surface area contributed by atoms with E-state index < -0.39 is 6.04 Å². The molecule has 1 rings (SSSR count). The fourth-order valence-corrected chi connectivity index (χ4v) is 1.86. The smallest absolute Gasteiger partial charge is 0.241 e. The van der Waals surface area contributed by atoms with Crippen molar-refractivity contribution in [3.63, 3.8) is 0 Å². The molecule has 0 fully saturated rings. The number of hydrogen-bond donors (Lipinski definition) is 2. The lowest BCUT2D eigenvalue weighted by Gasteiger charge is -2.11. The predicted molar refractivity (Wildman–Crippen MR) is 75.4 cm³/mol. The van der Waals surface area contributed by atoms with E-state index in [1.54, 1.807) is 0 Å². The predicted octanol–water partition coefficient (Wildman–Crippen LogP) is 2.67. The number of carbonyl (C=O) groups excluding carboxylic acids is 1. The molecule has 0 bridgehead atoms. The van der Waals surface area contributed by atoms with Crippen molar-refractivity contribution in [3.8, 4) is 0 Å². The van der Waals surface area contributed by atoms with Crippen LogP contribution < -0.4 is 11.1 Å². The molecule has 0 spiro atoms. The first-order valence-electron chi connectivity index (χ1n) is 5.37. The highest BCUT2D eigenvalue weighted by atomic mass is 127. The average molecular weight is 332 g/mol. The highest BCUT2D eigenvalue weighted by Gasteiger charge is 2.12. The molecule has 88 valence electrons. The number of amides is 1. The van der Waals surface area contributed by atoms with E-state index >= 15 is 0 Å². The van der Waals surface area contributed by atoms with Crippen LogP contribution in [0.5, 0.6) is 0 Å². The molecule has 1 aromatic carbocycles. The van der Waals surface area contributed by atoms with Gasteiger partial charge >= 0.3 is 0 Å². The average Bonchev–Trinajstić information content (AvgIpc) is 2.24. The van der Waals surface area contributed by atoms with Crippen molar-refractivity contribution in [1.82, 2.24) is 0 Å². The van der Waals surface area contributed by atoms with Gasteiger partial charge in [0.05, 0.1) is 6.04 Å². The molecule has 0 aliphatic heterocycles. The third-order valence-electron chi connectivity index (χ3n) is 2.38. The maximum Gasteiger partial charge on any atom is 0.241 e. The van der Waals surface area contributed by atoms with Gasteiger partial charge in [-0.05, 0) is 53.6 Å². The summed E-state index contributed by atoms with van der Waals surface area (Å²) < 4.78 is 1.14. The van der Waals surface area contributed by atoms with Crippen LogP contribution >= 0.6 is 22.6 Å². The van der Waals surface area contributed by atoms with Gasteiger partial charge in [-0.25, -0.2) is 0 Å². The second-order valence-corrected chi connectivity index (χ2v) is 5.01. The largest absolute Gasteiger partial charge is 0.325 e. The molecule has 4 heteroatoms. The number of aryl methyl sites for hydroxylation is 1. The summed E-state index contributed by atoms with van der Waals surface area (Å²) in [7, 11) is 0. The molecule has 0 heterocycles. The Hall–Kier alpha value is -0.620. The van der Waals surface area contributed by atoms with Crippen LogP contribution in [0.15, 0.2) is 18.2 Å². The van der Waals surface area contributed by atoms with Gasteiger partial charge in [0.15, 0.2) is 0 Å². The molecular formula is C12H17IN2O. The van der Waals surface area contributed by atoms with Crippen LogP contribution in [0.4, 0.5) is 5.69 Å². The summed E-state index contributed by atoms with van der Waals surface area (Å²) in [6.45, 7) is 4.05. The molecule has 0 unspecified atom stereocenters. The third-order valence-corrected chi connectivity index (χ3v) is 3.54. The van der Waals surface area contributed by atoms with E-state index in [0.717, 1.165) is 22.1 Å². The van der Waals surface area contributed by atoms with Crippen LogP contribution in [0.1, 0.15) is 25.3 Å². The maximum absolute atomic E-state index is 11.7. The highest BCUT2D eigenvalue weighted by Crippen LogP contribution is 2.17. The van der Waals surface area contributed by atoms with Gasteiger partial charge in [0, 0.05) is 9.26 Å². The minimum Gasteiger partial charge on any atom is -0.325 e. The second-order valence-electron chi connectivity index (χ2n) is 3.85. The van der Waals surface area contributed by atoms with Crippen molar-refractivity contribution in [1.29, 1.82) is 0 Å². The maximum atomic E-state index is 11.7. The number of nitrogens with one attached hydrogen (secondary N) is 1. The minimum absolute atomic E-state index is 0.110. The molecule has 3 nitrogen and oxygen atoms in total. The fourth-order valence-electron chi connectivity index (χ4n) is 1.35. The van der Waals surface area contributed by atoms with Crippen LogP contribution in [-0.4, -0.2) is 11.9 Å². The van der Waals surface area contributed by atoms with Gasteiger partial charge in [0.25, 0.3) is 0 Å². The number of rotatable bonds is 4. The third kappa shape index (κ3) is 3.75. The number of carbonyl (C=O) groups is 1. The summed E-state index contributed by atoms with van der Waals surface area (Å²) in [5.41, 5.74) is 7.75.